The van der Waals surface area contributed by atoms with Crippen molar-refractivity contribution in [3.8, 4) is 22.9 Å². The Hall–Kier alpha value is -4.34. The fourth-order valence-corrected chi connectivity index (χ4v) is 3.76. The minimum Gasteiger partial charge on any atom is -0.495 e. The van der Waals surface area contributed by atoms with Crippen LogP contribution in [0.5, 0.6) is 5.75 Å². The number of amides is 1. The van der Waals surface area contributed by atoms with E-state index in [1.165, 1.54) is 49.6 Å². The highest BCUT2D eigenvalue weighted by Crippen LogP contribution is 2.33. The molecule has 13 heteroatoms. The molecule has 0 spiro atoms. The highest BCUT2D eigenvalue weighted by atomic mass is 35.5. The number of ether oxygens (including phenoxy) is 2. The molecule has 9 nitrogen and oxygen atoms in total. The molecule has 1 heterocycles. The molecule has 1 amide bonds. The van der Waals surface area contributed by atoms with Gasteiger partial charge in [-0.2, -0.15) is 5.26 Å². The molecule has 0 unspecified atom stereocenters. The van der Waals surface area contributed by atoms with E-state index in [0.29, 0.717) is 0 Å². The lowest BCUT2D eigenvalue weighted by molar-refractivity contribution is -0.325. The van der Waals surface area contributed by atoms with Crippen LogP contribution in [-0.4, -0.2) is 41.6 Å². The summed E-state index contributed by atoms with van der Waals surface area (Å²) in [6.07, 6.45) is -4.37. The number of carboxylic acid groups (broad SMARTS) is 1. The van der Waals surface area contributed by atoms with Gasteiger partial charge in [0.25, 0.3) is 5.56 Å². The van der Waals surface area contributed by atoms with Gasteiger partial charge >= 0.3 is 12.3 Å². The summed E-state index contributed by atoms with van der Waals surface area (Å²) in [7, 11) is 1.27. The second kappa shape index (κ2) is 11.8. The van der Waals surface area contributed by atoms with Crippen LogP contribution in [0.4, 0.5) is 18.9 Å². The molecule has 0 aliphatic carbocycles. The molecule has 0 bridgehead atoms. The number of alkyl halides is 3. The molecule has 0 saturated heterocycles. The number of halogens is 4. The van der Waals surface area contributed by atoms with Gasteiger partial charge in [-0.05, 0) is 42.5 Å². The van der Waals surface area contributed by atoms with Crippen LogP contribution in [0.15, 0.2) is 59.5 Å². The summed E-state index contributed by atoms with van der Waals surface area (Å²) in [5, 5.41) is 21.2. The Kier molecular flexibility index (Phi) is 8.77. The first-order valence-electron chi connectivity index (χ1n) is 10.8. The molecule has 0 saturated carbocycles. The van der Waals surface area contributed by atoms with Gasteiger partial charge in [0, 0.05) is 34.3 Å². The fourth-order valence-electron chi connectivity index (χ4n) is 3.59. The van der Waals surface area contributed by atoms with E-state index in [4.69, 9.17) is 21.4 Å². The van der Waals surface area contributed by atoms with Crippen LogP contribution in [0.25, 0.3) is 11.1 Å². The van der Waals surface area contributed by atoms with Crippen LogP contribution >= 0.6 is 11.6 Å². The molecular weight excluding hydrogens is 531 g/mol. The molecule has 1 atom stereocenters. The molecule has 3 rings (SSSR count). The number of rotatable bonds is 9. The maximum Gasteiger partial charge on any atom is 0.522 e. The first-order valence-corrected chi connectivity index (χ1v) is 11.2. The minimum absolute atomic E-state index is 0.0451. The number of carbonyl (C=O) groups excluding carboxylic acids is 1. The van der Waals surface area contributed by atoms with Gasteiger partial charge in [-0.1, -0.05) is 11.6 Å². The molecule has 0 aliphatic rings. The first-order chi connectivity index (χ1) is 17.9. The predicted molar refractivity (Wildman–Crippen MR) is 130 cm³/mol. The van der Waals surface area contributed by atoms with Crippen molar-refractivity contribution >= 4 is 29.2 Å². The topological polar surface area (TPSA) is 131 Å². The zero-order valence-corrected chi connectivity index (χ0v) is 20.3. The number of carboxylic acids is 1. The van der Waals surface area contributed by atoms with E-state index in [0.717, 1.165) is 16.8 Å². The normalized spacial score (nSPS) is 11.9. The number of anilines is 1. The van der Waals surface area contributed by atoms with Crippen LogP contribution < -0.4 is 15.6 Å². The summed E-state index contributed by atoms with van der Waals surface area (Å²) in [4.78, 5) is 37.3. The first kappa shape index (κ1) is 28.2. The summed E-state index contributed by atoms with van der Waals surface area (Å²) < 4.78 is 47.9. The van der Waals surface area contributed by atoms with Crippen molar-refractivity contribution in [2.45, 2.75) is 18.8 Å². The molecule has 0 fully saturated rings. The maximum atomic E-state index is 13.1. The molecule has 3 aromatic rings. The SMILES string of the molecule is COc1cn([C@@H](CCOC(F)(F)F)C(=O)Nc2ccc(C(=O)O)cc2)c(=O)cc1-c1cc(Cl)ccc1C#N. The van der Waals surface area contributed by atoms with E-state index in [9.17, 15) is 32.8 Å². The third kappa shape index (κ3) is 6.90. The quantitative estimate of drug-likeness (QED) is 0.390. The number of methoxy groups -OCH3 is 1. The maximum absolute atomic E-state index is 13.1. The molecular formula is C25H19ClF3N3O6. The number of aromatic carboxylic acids is 1. The summed E-state index contributed by atoms with van der Waals surface area (Å²) in [5.74, 6) is -2.01. The van der Waals surface area contributed by atoms with E-state index in [1.54, 1.807) is 0 Å². The summed E-state index contributed by atoms with van der Waals surface area (Å²) in [6.45, 7) is -0.942. The highest BCUT2D eigenvalue weighted by Gasteiger charge is 2.31. The standard InChI is InChI=1S/C25H19ClF3N3O6/c1-37-21-13-32(22(33)11-19(21)18-10-16(26)5-2-15(18)12-30)20(8-9-38-25(27,28)29)23(34)31-17-6-3-14(4-7-17)24(35)36/h2-7,10-11,13,20H,8-9H2,1H3,(H,31,34)(H,35,36)/t20-/m0/s1. The summed E-state index contributed by atoms with van der Waals surface area (Å²) in [6, 6.07) is 11.0. The molecule has 1 aromatic heterocycles. The van der Waals surface area contributed by atoms with Crippen LogP contribution in [0, 0.1) is 11.3 Å². The molecule has 0 radical (unpaired) electrons. The van der Waals surface area contributed by atoms with Crippen molar-refractivity contribution in [3.63, 3.8) is 0 Å². The summed E-state index contributed by atoms with van der Waals surface area (Å²) >= 11 is 6.06. The number of nitrogens with zero attached hydrogens (tertiary/aromatic N) is 2. The van der Waals surface area contributed by atoms with Crippen LogP contribution in [0.1, 0.15) is 28.4 Å². The minimum atomic E-state index is -4.96. The smallest absolute Gasteiger partial charge is 0.495 e. The lowest BCUT2D eigenvalue weighted by atomic mass is 10.00. The number of nitriles is 1. The Morgan fingerprint density at radius 2 is 1.84 bits per heavy atom. The Balaban J connectivity index is 2.03. The average molecular weight is 550 g/mol. The van der Waals surface area contributed by atoms with Crippen molar-refractivity contribution in [2.24, 2.45) is 0 Å². The third-order valence-corrected chi connectivity index (χ3v) is 5.59. The molecule has 38 heavy (non-hydrogen) atoms. The Bertz CT molecular complexity index is 1450. The fraction of sp³-hybridized carbons (Fsp3) is 0.200. The van der Waals surface area contributed by atoms with Crippen molar-refractivity contribution in [2.75, 3.05) is 19.0 Å². The number of pyridine rings is 1. The number of benzene rings is 2. The number of hydrogen-bond donors (Lipinski definition) is 2. The zero-order valence-electron chi connectivity index (χ0n) is 19.6. The molecule has 198 valence electrons. The van der Waals surface area contributed by atoms with E-state index < -0.39 is 42.9 Å². The van der Waals surface area contributed by atoms with Crippen LogP contribution in [-0.2, 0) is 9.53 Å². The molecule has 2 N–H and O–H groups in total. The number of aromatic nitrogens is 1. The average Bonchev–Trinajstić information content (AvgIpc) is 2.86. The lowest BCUT2D eigenvalue weighted by Crippen LogP contribution is -2.34. The van der Waals surface area contributed by atoms with Gasteiger partial charge in [0.15, 0.2) is 0 Å². The Labute approximate surface area is 218 Å². The highest BCUT2D eigenvalue weighted by molar-refractivity contribution is 6.31. The second-order valence-electron chi connectivity index (χ2n) is 7.77. The van der Waals surface area contributed by atoms with Gasteiger partial charge < -0.3 is 15.2 Å². The summed E-state index contributed by atoms with van der Waals surface area (Å²) in [5.41, 5.74) is -0.0345. The van der Waals surface area contributed by atoms with E-state index in [2.05, 4.69) is 10.1 Å². The predicted octanol–water partition coefficient (Wildman–Crippen LogP) is 4.85. The van der Waals surface area contributed by atoms with Crippen molar-refractivity contribution in [1.29, 1.82) is 5.26 Å². The van der Waals surface area contributed by atoms with Gasteiger partial charge in [-0.15, -0.1) is 13.2 Å². The number of nitrogens with one attached hydrogen (secondary N) is 1. The van der Waals surface area contributed by atoms with E-state index in [-0.39, 0.29) is 38.7 Å². The van der Waals surface area contributed by atoms with Gasteiger partial charge in [0.1, 0.15) is 11.8 Å². The van der Waals surface area contributed by atoms with Crippen LogP contribution in [0.2, 0.25) is 5.02 Å². The molecule has 0 aliphatic heterocycles. The van der Waals surface area contributed by atoms with Crippen LogP contribution in [0.3, 0.4) is 0 Å². The van der Waals surface area contributed by atoms with Crippen molar-refractivity contribution in [1.82, 2.24) is 4.57 Å². The molecule has 2 aromatic carbocycles. The Morgan fingerprint density at radius 1 is 1.16 bits per heavy atom. The monoisotopic (exact) mass is 549 g/mol. The van der Waals surface area contributed by atoms with Gasteiger partial charge in [-0.3, -0.25) is 18.9 Å². The van der Waals surface area contributed by atoms with E-state index in [1.807, 2.05) is 6.07 Å². The number of hydrogen-bond acceptors (Lipinski definition) is 6. The Morgan fingerprint density at radius 3 is 2.42 bits per heavy atom. The largest absolute Gasteiger partial charge is 0.522 e. The van der Waals surface area contributed by atoms with Gasteiger partial charge in [0.2, 0.25) is 5.91 Å². The van der Waals surface area contributed by atoms with Gasteiger partial charge in [-0.25, -0.2) is 4.79 Å². The van der Waals surface area contributed by atoms with Gasteiger partial charge in [0.05, 0.1) is 37.1 Å². The van der Waals surface area contributed by atoms with Crippen molar-refractivity contribution < 1.29 is 37.3 Å². The van der Waals surface area contributed by atoms with E-state index >= 15 is 0 Å². The second-order valence-corrected chi connectivity index (χ2v) is 8.21. The zero-order chi connectivity index (χ0) is 28.0. The lowest BCUT2D eigenvalue weighted by Gasteiger charge is -2.22. The van der Waals surface area contributed by atoms with Crippen molar-refractivity contribution in [3.05, 3.63) is 81.2 Å². The number of carbonyl (C=O) groups is 2. The third-order valence-electron chi connectivity index (χ3n) is 5.35.